The third-order valence-electron chi connectivity index (χ3n) is 6.84. The molecule has 3 aliphatic rings. The molecule has 0 aromatic carbocycles. The second kappa shape index (κ2) is 7.70. The van der Waals surface area contributed by atoms with Crippen molar-refractivity contribution in [3.63, 3.8) is 0 Å². The van der Waals surface area contributed by atoms with Crippen LogP contribution in [0.25, 0.3) is 0 Å². The molecule has 0 aliphatic heterocycles. The summed E-state index contributed by atoms with van der Waals surface area (Å²) in [5.41, 5.74) is 0.910. The van der Waals surface area contributed by atoms with Crippen LogP contribution in [0.15, 0.2) is 0 Å². The third-order valence-corrected chi connectivity index (χ3v) is 17.7. The summed E-state index contributed by atoms with van der Waals surface area (Å²) in [6.45, 7) is -2.38. The van der Waals surface area contributed by atoms with Crippen molar-refractivity contribution in [3.8, 4) is 0 Å². The van der Waals surface area contributed by atoms with Crippen LogP contribution in [0.2, 0.25) is 0 Å². The van der Waals surface area contributed by atoms with Crippen LogP contribution in [0.3, 0.4) is 0 Å². The fourth-order valence-corrected chi connectivity index (χ4v) is 17.6. The second-order valence-electron chi connectivity index (χ2n) is 8.09. The summed E-state index contributed by atoms with van der Waals surface area (Å²) in [5.74, 6) is 0. The normalized spacial score (nSPS) is 27.2. The summed E-state index contributed by atoms with van der Waals surface area (Å²) in [6, 6.07) is 0. The minimum absolute atomic E-state index is 0.303. The third kappa shape index (κ3) is 3.51. The van der Waals surface area contributed by atoms with Crippen LogP contribution in [-0.4, -0.2) is 29.9 Å². The minimum Gasteiger partial charge on any atom is -0.257 e. The van der Waals surface area contributed by atoms with Crippen molar-refractivity contribution in [2.24, 2.45) is 0 Å². The van der Waals surface area contributed by atoms with Crippen LogP contribution < -0.4 is 0 Å². The Morgan fingerprint density at radius 1 is 0.565 bits per heavy atom. The van der Waals surface area contributed by atoms with Crippen LogP contribution in [0.5, 0.6) is 0 Å². The highest BCUT2D eigenvalue weighted by Gasteiger charge is 2.66. The van der Waals surface area contributed by atoms with Gasteiger partial charge in [0.05, 0.1) is 17.0 Å². The molecule has 0 bridgehead atoms. The van der Waals surface area contributed by atoms with Gasteiger partial charge in [-0.15, -0.1) is 0 Å². The molecule has 3 fully saturated rings. The standard InChI is InChI=1S/C18H33O3PS/c19-23(20,21)22(16-10-4-1-5-11-16,17-12-6-2-7-13-17)18-14-8-3-9-15-18/h16-18H,1-15H2/p+1. The van der Waals surface area contributed by atoms with Gasteiger partial charge in [-0.2, -0.15) is 8.42 Å². The van der Waals surface area contributed by atoms with Crippen LogP contribution in [-0.2, 0) is 9.74 Å². The first kappa shape index (κ1) is 18.1. The zero-order chi connectivity index (χ0) is 16.3. The van der Waals surface area contributed by atoms with E-state index in [1.807, 2.05) is 0 Å². The van der Waals surface area contributed by atoms with Gasteiger partial charge in [-0.05, 0) is 77.0 Å². The topological polar surface area (TPSA) is 54.4 Å². The summed E-state index contributed by atoms with van der Waals surface area (Å²) < 4.78 is 36.5. The van der Waals surface area contributed by atoms with Gasteiger partial charge in [0.15, 0.2) is 6.46 Å². The molecule has 0 amide bonds. The van der Waals surface area contributed by atoms with Gasteiger partial charge < -0.3 is 0 Å². The van der Waals surface area contributed by atoms with Crippen molar-refractivity contribution < 1.29 is 13.0 Å². The fraction of sp³-hybridized carbons (Fsp3) is 1.00. The first-order valence-electron chi connectivity index (χ1n) is 9.92. The molecule has 3 saturated carbocycles. The molecule has 0 saturated heterocycles. The first-order chi connectivity index (χ1) is 11.1. The lowest BCUT2D eigenvalue weighted by molar-refractivity contribution is 0.446. The monoisotopic (exact) mass is 361 g/mol. The lowest BCUT2D eigenvalue weighted by Crippen LogP contribution is -2.39. The summed E-state index contributed by atoms with van der Waals surface area (Å²) in [4.78, 5) is 0. The molecule has 1 N–H and O–H groups in total. The Morgan fingerprint density at radius 3 is 1.04 bits per heavy atom. The van der Waals surface area contributed by atoms with Crippen molar-refractivity contribution in [2.75, 3.05) is 0 Å². The van der Waals surface area contributed by atoms with E-state index in [0.717, 1.165) is 38.5 Å². The Hall–Kier alpha value is 0.340. The van der Waals surface area contributed by atoms with Gasteiger partial charge in [0, 0.05) is 0 Å². The number of rotatable bonds is 4. The van der Waals surface area contributed by atoms with Gasteiger partial charge in [-0.1, -0.05) is 19.3 Å². The Morgan fingerprint density at radius 2 is 0.826 bits per heavy atom. The van der Waals surface area contributed by atoms with Crippen LogP contribution >= 0.6 is 6.46 Å². The predicted octanol–water partition coefficient (Wildman–Crippen LogP) is 5.80. The van der Waals surface area contributed by atoms with E-state index in [4.69, 9.17) is 0 Å². The Balaban J connectivity index is 2.03. The fourth-order valence-electron chi connectivity index (χ4n) is 5.91. The second-order valence-corrected chi connectivity index (χ2v) is 16.0. The number of hydrogen-bond donors (Lipinski definition) is 1. The Kier molecular flexibility index (Phi) is 6.08. The number of hydrogen-bond acceptors (Lipinski definition) is 2. The lowest BCUT2D eigenvalue weighted by Gasteiger charge is -2.45. The van der Waals surface area contributed by atoms with E-state index in [-0.39, 0.29) is 0 Å². The van der Waals surface area contributed by atoms with E-state index in [1.165, 1.54) is 57.8 Å². The quantitative estimate of drug-likeness (QED) is 0.508. The molecule has 3 rings (SSSR count). The lowest BCUT2D eigenvalue weighted by atomic mass is 9.99. The van der Waals surface area contributed by atoms with E-state index in [0.29, 0.717) is 17.0 Å². The molecule has 23 heavy (non-hydrogen) atoms. The molecule has 0 atom stereocenters. The van der Waals surface area contributed by atoms with Crippen molar-refractivity contribution >= 4 is 16.2 Å². The molecule has 0 heterocycles. The zero-order valence-corrected chi connectivity index (χ0v) is 16.2. The highest BCUT2D eigenvalue weighted by molar-refractivity contribution is 8.55. The van der Waals surface area contributed by atoms with Gasteiger partial charge >= 0.3 is 9.74 Å². The van der Waals surface area contributed by atoms with E-state index in [1.54, 1.807) is 0 Å². The van der Waals surface area contributed by atoms with Gasteiger partial charge in [0.25, 0.3) is 0 Å². The predicted molar refractivity (Wildman–Crippen MR) is 99.1 cm³/mol. The van der Waals surface area contributed by atoms with Gasteiger partial charge in [0.2, 0.25) is 0 Å². The summed E-state index contributed by atoms with van der Waals surface area (Å²) in [5, 5.41) is 0. The molecule has 3 nitrogen and oxygen atoms in total. The maximum atomic E-state index is 13.0. The smallest absolute Gasteiger partial charge is 0.257 e. The van der Waals surface area contributed by atoms with Crippen molar-refractivity contribution in [2.45, 2.75) is 113 Å². The molecule has 0 aromatic rings. The minimum atomic E-state index is -3.91. The van der Waals surface area contributed by atoms with Gasteiger partial charge in [-0.25, -0.2) is 0 Å². The molecule has 0 unspecified atom stereocenters. The maximum Gasteiger partial charge on any atom is 0.381 e. The Labute approximate surface area is 142 Å². The van der Waals surface area contributed by atoms with Crippen molar-refractivity contribution in [1.82, 2.24) is 0 Å². The SMILES string of the molecule is O=S(=O)(O)[P+](C1CCCCC1)(C1CCCCC1)C1CCCCC1. The van der Waals surface area contributed by atoms with Crippen LogP contribution in [0.4, 0.5) is 0 Å². The molecular formula is C18H34O3PS+. The van der Waals surface area contributed by atoms with Crippen LogP contribution in [0.1, 0.15) is 96.3 Å². The summed E-state index contributed by atoms with van der Waals surface area (Å²) in [6.07, 6.45) is 17.1. The van der Waals surface area contributed by atoms with E-state index in [2.05, 4.69) is 0 Å². The average molecular weight is 362 g/mol. The largest absolute Gasteiger partial charge is 0.381 e. The van der Waals surface area contributed by atoms with Crippen LogP contribution in [0, 0.1) is 0 Å². The van der Waals surface area contributed by atoms with Gasteiger partial charge in [0.1, 0.15) is 0 Å². The molecule has 0 radical (unpaired) electrons. The average Bonchev–Trinajstić information content (AvgIpc) is 2.57. The van der Waals surface area contributed by atoms with E-state index >= 15 is 0 Å². The first-order valence-corrected chi connectivity index (χ1v) is 14.0. The van der Waals surface area contributed by atoms with Crippen molar-refractivity contribution in [1.29, 1.82) is 0 Å². The molecule has 0 spiro atoms. The molecule has 0 aromatic heterocycles. The summed E-state index contributed by atoms with van der Waals surface area (Å²) >= 11 is 0. The molecule has 134 valence electrons. The van der Waals surface area contributed by atoms with E-state index < -0.39 is 16.2 Å². The highest BCUT2D eigenvalue weighted by atomic mass is 32.8. The summed E-state index contributed by atoms with van der Waals surface area (Å²) in [7, 11) is -3.91. The Bertz CT molecular complexity index is 427. The van der Waals surface area contributed by atoms with E-state index in [9.17, 15) is 13.0 Å². The van der Waals surface area contributed by atoms with Crippen molar-refractivity contribution in [3.05, 3.63) is 0 Å². The molecule has 3 aliphatic carbocycles. The highest BCUT2D eigenvalue weighted by Crippen LogP contribution is 2.80. The molecule has 5 heteroatoms. The maximum absolute atomic E-state index is 13.0. The van der Waals surface area contributed by atoms with Gasteiger partial charge in [-0.3, -0.25) is 4.55 Å². The zero-order valence-electron chi connectivity index (χ0n) is 14.5. The molecular weight excluding hydrogens is 327 g/mol.